The summed E-state index contributed by atoms with van der Waals surface area (Å²) >= 11 is 1.93. The highest BCUT2D eigenvalue weighted by Gasteiger charge is 2.51. The molecule has 2 unspecified atom stereocenters. The van der Waals surface area contributed by atoms with Crippen LogP contribution in [0.4, 0.5) is 0 Å². The first-order valence-corrected chi connectivity index (χ1v) is 6.33. The summed E-state index contributed by atoms with van der Waals surface area (Å²) in [7, 11) is 0. The van der Waals surface area contributed by atoms with Crippen molar-refractivity contribution in [1.82, 2.24) is 0 Å². The molecule has 0 N–H and O–H groups in total. The molecule has 0 aromatic carbocycles. The van der Waals surface area contributed by atoms with Crippen molar-refractivity contribution in [2.75, 3.05) is 0 Å². The van der Waals surface area contributed by atoms with Crippen LogP contribution in [0.1, 0.15) is 48.5 Å². The monoisotopic (exact) mass is 213 g/mol. The zero-order chi connectivity index (χ0) is 11.1. The zero-order valence-corrected chi connectivity index (χ0v) is 11.3. The molecule has 1 rings (SSSR count). The Kier molecular flexibility index (Phi) is 3.07. The van der Waals surface area contributed by atoms with E-state index in [1.54, 1.807) is 0 Å². The van der Waals surface area contributed by atoms with Gasteiger partial charge in [-0.15, -0.1) is 11.8 Å². The van der Waals surface area contributed by atoms with E-state index in [0.29, 0.717) is 11.2 Å². The minimum atomic E-state index is 0.113. The molecule has 0 fully saturated rings. The number of hydrogen-bond acceptors (Lipinski definition) is 2. The fourth-order valence-electron chi connectivity index (χ4n) is 2.97. The average molecular weight is 213 g/mol. The standard InChI is InChI=1S/C12H23NS/c1-8(2)12(11(5,6)7)9(3)14-10(4)13-12/h8-9H,1-7H3. The molecule has 2 atom stereocenters. The van der Waals surface area contributed by atoms with E-state index in [9.17, 15) is 0 Å². The summed E-state index contributed by atoms with van der Waals surface area (Å²) in [5, 5.41) is 1.85. The molecule has 0 bridgehead atoms. The summed E-state index contributed by atoms with van der Waals surface area (Å²) < 4.78 is 0. The Morgan fingerprint density at radius 3 is 2.00 bits per heavy atom. The SMILES string of the molecule is CC1=NC(C(C)C)(C(C)(C)C)C(C)S1. The molecule has 0 saturated heterocycles. The van der Waals surface area contributed by atoms with E-state index >= 15 is 0 Å². The van der Waals surface area contributed by atoms with E-state index in [4.69, 9.17) is 4.99 Å². The number of nitrogens with zero attached hydrogens (tertiary/aromatic N) is 1. The van der Waals surface area contributed by atoms with Crippen LogP contribution in [0.25, 0.3) is 0 Å². The summed E-state index contributed by atoms with van der Waals surface area (Å²) in [5.41, 5.74) is 0.354. The molecule has 0 saturated carbocycles. The van der Waals surface area contributed by atoms with Crippen LogP contribution in [0.3, 0.4) is 0 Å². The molecular weight excluding hydrogens is 190 g/mol. The van der Waals surface area contributed by atoms with Gasteiger partial charge >= 0.3 is 0 Å². The highest BCUT2D eigenvalue weighted by atomic mass is 32.2. The minimum absolute atomic E-state index is 0.113. The molecule has 0 aliphatic carbocycles. The van der Waals surface area contributed by atoms with Crippen molar-refractivity contribution < 1.29 is 0 Å². The fourth-order valence-corrected chi connectivity index (χ4v) is 4.54. The van der Waals surface area contributed by atoms with Gasteiger partial charge in [0, 0.05) is 5.25 Å². The van der Waals surface area contributed by atoms with E-state index in [2.05, 4.69) is 48.5 Å². The van der Waals surface area contributed by atoms with Crippen LogP contribution in [0.15, 0.2) is 4.99 Å². The van der Waals surface area contributed by atoms with Crippen LogP contribution in [0.2, 0.25) is 0 Å². The van der Waals surface area contributed by atoms with Gasteiger partial charge in [0.1, 0.15) is 0 Å². The van der Waals surface area contributed by atoms with Crippen molar-refractivity contribution in [2.24, 2.45) is 16.3 Å². The molecule has 1 nitrogen and oxygen atoms in total. The van der Waals surface area contributed by atoms with E-state index in [1.165, 1.54) is 5.04 Å². The second-order valence-corrected chi connectivity index (χ2v) is 7.15. The smallest absolute Gasteiger partial charge is 0.0807 e. The highest BCUT2D eigenvalue weighted by molar-refractivity contribution is 8.14. The Hall–Kier alpha value is 0.0200. The fraction of sp³-hybridized carbons (Fsp3) is 0.917. The van der Waals surface area contributed by atoms with E-state index in [-0.39, 0.29) is 11.0 Å². The zero-order valence-electron chi connectivity index (χ0n) is 10.5. The van der Waals surface area contributed by atoms with Crippen molar-refractivity contribution >= 4 is 16.8 Å². The minimum Gasteiger partial charge on any atom is -0.275 e. The Bertz CT molecular complexity index is 250. The first-order valence-electron chi connectivity index (χ1n) is 5.45. The Labute approximate surface area is 92.8 Å². The molecule has 2 heteroatoms. The van der Waals surface area contributed by atoms with Crippen molar-refractivity contribution in [3.63, 3.8) is 0 Å². The van der Waals surface area contributed by atoms with Crippen LogP contribution < -0.4 is 0 Å². The van der Waals surface area contributed by atoms with Crippen molar-refractivity contribution in [3.8, 4) is 0 Å². The third-order valence-electron chi connectivity index (χ3n) is 3.39. The largest absolute Gasteiger partial charge is 0.275 e. The second-order valence-electron chi connectivity index (χ2n) is 5.62. The van der Waals surface area contributed by atoms with Gasteiger partial charge in [-0.25, -0.2) is 0 Å². The van der Waals surface area contributed by atoms with Crippen LogP contribution >= 0.6 is 11.8 Å². The summed E-state index contributed by atoms with van der Waals surface area (Å²) in [4.78, 5) is 4.95. The Balaban J connectivity index is 3.19. The van der Waals surface area contributed by atoms with E-state index in [1.807, 2.05) is 11.8 Å². The summed E-state index contributed by atoms with van der Waals surface area (Å²) in [6.07, 6.45) is 0. The Morgan fingerprint density at radius 1 is 1.36 bits per heavy atom. The maximum atomic E-state index is 4.95. The quantitative estimate of drug-likeness (QED) is 0.642. The lowest BCUT2D eigenvalue weighted by molar-refractivity contribution is 0.136. The van der Waals surface area contributed by atoms with E-state index in [0.717, 1.165) is 0 Å². The summed E-state index contributed by atoms with van der Waals surface area (Å²) in [5.74, 6) is 0.599. The predicted octanol–water partition coefficient (Wildman–Crippen LogP) is 3.98. The van der Waals surface area contributed by atoms with Gasteiger partial charge in [0.05, 0.1) is 10.6 Å². The number of aliphatic imine (C=N–C) groups is 1. The molecule has 0 radical (unpaired) electrons. The third kappa shape index (κ3) is 1.62. The van der Waals surface area contributed by atoms with Gasteiger partial charge in [-0.3, -0.25) is 4.99 Å². The van der Waals surface area contributed by atoms with Gasteiger partial charge in [0.25, 0.3) is 0 Å². The van der Waals surface area contributed by atoms with Crippen molar-refractivity contribution in [3.05, 3.63) is 0 Å². The molecule has 0 aromatic heterocycles. The van der Waals surface area contributed by atoms with Crippen LogP contribution in [0, 0.1) is 11.3 Å². The molecule has 0 amide bonds. The molecule has 82 valence electrons. The first-order chi connectivity index (χ1) is 6.22. The second kappa shape index (κ2) is 3.55. The first kappa shape index (κ1) is 12.1. The maximum Gasteiger partial charge on any atom is 0.0807 e. The number of thioether (sulfide) groups is 1. The average Bonchev–Trinajstić information content (AvgIpc) is 2.24. The lowest BCUT2D eigenvalue weighted by Gasteiger charge is -2.45. The van der Waals surface area contributed by atoms with Gasteiger partial charge < -0.3 is 0 Å². The molecule has 0 aromatic rings. The third-order valence-corrected chi connectivity index (χ3v) is 4.54. The van der Waals surface area contributed by atoms with E-state index < -0.39 is 0 Å². The molecule has 1 aliphatic heterocycles. The van der Waals surface area contributed by atoms with Crippen LogP contribution in [-0.2, 0) is 0 Å². The predicted molar refractivity (Wildman–Crippen MR) is 67.2 cm³/mol. The van der Waals surface area contributed by atoms with Gasteiger partial charge in [0.2, 0.25) is 0 Å². The van der Waals surface area contributed by atoms with Crippen molar-refractivity contribution in [2.45, 2.75) is 59.3 Å². The maximum absolute atomic E-state index is 4.95. The molecule has 14 heavy (non-hydrogen) atoms. The topological polar surface area (TPSA) is 12.4 Å². The van der Waals surface area contributed by atoms with Gasteiger partial charge in [-0.05, 0) is 18.3 Å². The Morgan fingerprint density at radius 2 is 1.86 bits per heavy atom. The molecule has 0 spiro atoms. The highest BCUT2D eigenvalue weighted by Crippen LogP contribution is 2.50. The van der Waals surface area contributed by atoms with Gasteiger partial charge in [0.15, 0.2) is 0 Å². The summed E-state index contributed by atoms with van der Waals surface area (Å²) in [6, 6.07) is 0. The number of rotatable bonds is 1. The number of hydrogen-bond donors (Lipinski definition) is 0. The molecular formula is C12H23NS. The molecule has 1 aliphatic rings. The van der Waals surface area contributed by atoms with Gasteiger partial charge in [-0.1, -0.05) is 41.5 Å². The molecule has 1 heterocycles. The van der Waals surface area contributed by atoms with Crippen LogP contribution in [-0.4, -0.2) is 15.8 Å². The summed E-state index contributed by atoms with van der Waals surface area (Å²) in [6.45, 7) is 16.0. The normalized spacial score (nSPS) is 33.7. The van der Waals surface area contributed by atoms with Gasteiger partial charge in [-0.2, -0.15) is 0 Å². The lowest BCUT2D eigenvalue weighted by Crippen LogP contribution is -2.50. The van der Waals surface area contributed by atoms with Crippen molar-refractivity contribution in [1.29, 1.82) is 0 Å². The van der Waals surface area contributed by atoms with Crippen LogP contribution in [0.5, 0.6) is 0 Å². The lowest BCUT2D eigenvalue weighted by atomic mass is 9.66.